The number of hydrogen-bond donors (Lipinski definition) is 0. The molecule has 0 aliphatic carbocycles. The molecule has 2 nitrogen and oxygen atoms in total. The van der Waals surface area contributed by atoms with Crippen molar-refractivity contribution in [1.29, 1.82) is 0 Å². The summed E-state index contributed by atoms with van der Waals surface area (Å²) in [6.45, 7) is 6.80. The van der Waals surface area contributed by atoms with Crippen LogP contribution in [-0.2, 0) is 6.42 Å². The maximum atomic E-state index is 4.44. The fraction of sp³-hybridized carbons (Fsp3) is 0.583. The van der Waals surface area contributed by atoms with Crippen LogP contribution in [0.2, 0.25) is 0 Å². The lowest BCUT2D eigenvalue weighted by atomic mass is 9.99. The first-order valence-corrected chi connectivity index (χ1v) is 5.42. The van der Waals surface area contributed by atoms with Crippen LogP contribution < -0.4 is 4.90 Å². The molecule has 0 spiro atoms. The Morgan fingerprint density at radius 2 is 2.29 bits per heavy atom. The van der Waals surface area contributed by atoms with Crippen molar-refractivity contribution < 1.29 is 0 Å². The second-order valence-electron chi connectivity index (χ2n) is 4.36. The third-order valence-electron chi connectivity index (χ3n) is 2.97. The lowest BCUT2D eigenvalue weighted by molar-refractivity contribution is 0.514. The molecule has 1 aromatic rings. The highest BCUT2D eigenvalue weighted by Crippen LogP contribution is 2.30. The van der Waals surface area contributed by atoms with Gasteiger partial charge in [-0.15, -0.1) is 0 Å². The number of rotatable bonds is 1. The zero-order valence-corrected chi connectivity index (χ0v) is 9.20. The molecule has 0 amide bonds. The number of aryl methyl sites for hydroxylation is 1. The van der Waals surface area contributed by atoms with Crippen molar-refractivity contribution in [1.82, 2.24) is 4.98 Å². The smallest absolute Gasteiger partial charge is 0.0637 e. The van der Waals surface area contributed by atoms with Crippen LogP contribution >= 0.6 is 0 Å². The molecule has 76 valence electrons. The molecule has 1 aromatic heterocycles. The van der Waals surface area contributed by atoms with Crippen molar-refractivity contribution in [3.63, 3.8) is 0 Å². The molecule has 0 unspecified atom stereocenters. The highest BCUT2D eigenvalue weighted by atomic mass is 15.2. The quantitative estimate of drug-likeness (QED) is 0.676. The van der Waals surface area contributed by atoms with Gasteiger partial charge in [0.15, 0.2) is 0 Å². The molecule has 0 fully saturated rings. The molecule has 0 aromatic carbocycles. The molecule has 0 saturated carbocycles. The molecular weight excluding hydrogens is 172 g/mol. The molecule has 0 radical (unpaired) electrons. The summed E-state index contributed by atoms with van der Waals surface area (Å²) < 4.78 is 0. The van der Waals surface area contributed by atoms with E-state index in [0.717, 1.165) is 6.42 Å². The van der Waals surface area contributed by atoms with Crippen LogP contribution in [0.3, 0.4) is 0 Å². The van der Waals surface area contributed by atoms with Crippen molar-refractivity contribution in [3.8, 4) is 0 Å². The highest BCUT2D eigenvalue weighted by Gasteiger charge is 2.25. The van der Waals surface area contributed by atoms with E-state index in [9.17, 15) is 0 Å². The van der Waals surface area contributed by atoms with Gasteiger partial charge in [-0.25, -0.2) is 0 Å². The summed E-state index contributed by atoms with van der Waals surface area (Å²) in [5.74, 6) is 0. The Morgan fingerprint density at radius 1 is 1.50 bits per heavy atom. The normalized spacial score (nSPS) is 21.1. The van der Waals surface area contributed by atoms with Crippen LogP contribution in [0.5, 0.6) is 0 Å². The van der Waals surface area contributed by atoms with Gasteiger partial charge < -0.3 is 4.90 Å². The van der Waals surface area contributed by atoms with Gasteiger partial charge in [0.25, 0.3) is 0 Å². The lowest BCUT2D eigenvalue weighted by Gasteiger charge is -2.39. The van der Waals surface area contributed by atoms with E-state index in [1.54, 1.807) is 0 Å². The Labute approximate surface area is 86.0 Å². The molecular formula is C12H18N2. The zero-order chi connectivity index (χ0) is 10.1. The van der Waals surface area contributed by atoms with E-state index >= 15 is 0 Å². The van der Waals surface area contributed by atoms with E-state index in [4.69, 9.17) is 0 Å². The molecule has 14 heavy (non-hydrogen) atoms. The van der Waals surface area contributed by atoms with E-state index < -0.39 is 0 Å². The van der Waals surface area contributed by atoms with Gasteiger partial charge >= 0.3 is 0 Å². The summed E-state index contributed by atoms with van der Waals surface area (Å²) in [5.41, 5.74) is 2.60. The Balaban J connectivity index is 2.41. The summed E-state index contributed by atoms with van der Waals surface area (Å²) >= 11 is 0. The first kappa shape index (κ1) is 9.50. The second kappa shape index (κ2) is 3.60. The highest BCUT2D eigenvalue weighted by molar-refractivity contribution is 5.53. The summed E-state index contributed by atoms with van der Waals surface area (Å²) in [4.78, 5) is 6.92. The predicted octanol–water partition coefficient (Wildman–Crippen LogP) is 2.63. The van der Waals surface area contributed by atoms with E-state index in [2.05, 4.69) is 36.7 Å². The number of anilines is 1. The second-order valence-corrected chi connectivity index (χ2v) is 4.36. The van der Waals surface area contributed by atoms with Crippen molar-refractivity contribution in [2.45, 2.75) is 45.7 Å². The largest absolute Gasteiger partial charge is 0.365 e. The molecule has 1 aliphatic heterocycles. The molecule has 2 heteroatoms. The van der Waals surface area contributed by atoms with Crippen LogP contribution in [-0.4, -0.2) is 17.1 Å². The van der Waals surface area contributed by atoms with Gasteiger partial charge in [-0.05, 0) is 45.7 Å². The monoisotopic (exact) mass is 190 g/mol. The van der Waals surface area contributed by atoms with Crippen molar-refractivity contribution in [2.75, 3.05) is 4.90 Å². The van der Waals surface area contributed by atoms with Gasteiger partial charge in [0.1, 0.15) is 0 Å². The minimum atomic E-state index is 0.563. The van der Waals surface area contributed by atoms with Crippen LogP contribution in [0.25, 0.3) is 0 Å². The SMILES string of the molecule is CC(C)N1c2cccnc2CC[C@H]1C. The number of aromatic nitrogens is 1. The maximum absolute atomic E-state index is 4.44. The number of hydrogen-bond acceptors (Lipinski definition) is 2. The molecule has 0 N–H and O–H groups in total. The van der Waals surface area contributed by atoms with Crippen molar-refractivity contribution in [3.05, 3.63) is 24.0 Å². The Kier molecular flexibility index (Phi) is 2.44. The summed E-state index contributed by atoms with van der Waals surface area (Å²) in [7, 11) is 0. The van der Waals surface area contributed by atoms with Crippen LogP contribution in [0, 0.1) is 0 Å². The molecule has 2 rings (SSSR count). The standard InChI is InChI=1S/C12H18N2/c1-9(2)14-10(3)6-7-11-12(14)5-4-8-13-11/h4-5,8-10H,6-7H2,1-3H3/t10-/m1/s1. The Hall–Kier alpha value is -1.05. The third kappa shape index (κ3) is 1.49. The molecule has 0 saturated heterocycles. The zero-order valence-electron chi connectivity index (χ0n) is 9.20. The van der Waals surface area contributed by atoms with Gasteiger partial charge in [0.05, 0.1) is 11.4 Å². The topological polar surface area (TPSA) is 16.1 Å². The van der Waals surface area contributed by atoms with Crippen LogP contribution in [0.4, 0.5) is 5.69 Å². The predicted molar refractivity (Wildman–Crippen MR) is 59.6 cm³/mol. The minimum absolute atomic E-state index is 0.563. The number of nitrogens with zero attached hydrogens (tertiary/aromatic N) is 2. The summed E-state index contributed by atoms with van der Waals surface area (Å²) in [6, 6.07) is 5.43. The fourth-order valence-corrected chi connectivity index (χ4v) is 2.37. The molecule has 0 bridgehead atoms. The van der Waals surface area contributed by atoms with E-state index in [0.29, 0.717) is 12.1 Å². The fourth-order valence-electron chi connectivity index (χ4n) is 2.37. The third-order valence-corrected chi connectivity index (χ3v) is 2.97. The van der Waals surface area contributed by atoms with Gasteiger partial charge in [-0.2, -0.15) is 0 Å². The number of pyridine rings is 1. The van der Waals surface area contributed by atoms with Crippen molar-refractivity contribution in [2.24, 2.45) is 0 Å². The van der Waals surface area contributed by atoms with E-state index in [1.165, 1.54) is 17.8 Å². The first-order chi connectivity index (χ1) is 6.70. The molecule has 2 heterocycles. The van der Waals surface area contributed by atoms with Crippen molar-refractivity contribution >= 4 is 5.69 Å². The maximum Gasteiger partial charge on any atom is 0.0637 e. The van der Waals surface area contributed by atoms with Crippen LogP contribution in [0.15, 0.2) is 18.3 Å². The summed E-state index contributed by atoms with van der Waals surface area (Å²) in [6.07, 6.45) is 4.25. The van der Waals surface area contributed by atoms with E-state index in [1.807, 2.05) is 12.3 Å². The first-order valence-electron chi connectivity index (χ1n) is 5.42. The van der Waals surface area contributed by atoms with Gasteiger partial charge in [0.2, 0.25) is 0 Å². The Morgan fingerprint density at radius 3 is 3.00 bits per heavy atom. The molecule has 1 atom stereocenters. The average molecular weight is 190 g/mol. The van der Waals surface area contributed by atoms with Gasteiger partial charge in [-0.1, -0.05) is 0 Å². The van der Waals surface area contributed by atoms with Gasteiger partial charge in [-0.3, -0.25) is 4.98 Å². The van der Waals surface area contributed by atoms with E-state index in [-0.39, 0.29) is 0 Å². The average Bonchev–Trinajstić information content (AvgIpc) is 2.17. The number of fused-ring (bicyclic) bond motifs is 1. The Bertz CT molecular complexity index is 320. The lowest BCUT2D eigenvalue weighted by Crippen LogP contribution is -2.42. The van der Waals surface area contributed by atoms with Crippen LogP contribution in [0.1, 0.15) is 32.9 Å². The van der Waals surface area contributed by atoms with Gasteiger partial charge in [0, 0.05) is 18.3 Å². The minimum Gasteiger partial charge on any atom is -0.365 e. The summed E-state index contributed by atoms with van der Waals surface area (Å²) in [5, 5.41) is 0. The molecule has 1 aliphatic rings.